The third kappa shape index (κ3) is 3.55. The van der Waals surface area contributed by atoms with Crippen molar-refractivity contribution < 1.29 is 28.2 Å². The number of ketones is 2. The van der Waals surface area contributed by atoms with Gasteiger partial charge >= 0.3 is 0 Å². The maximum atomic E-state index is 14.2. The molecule has 0 aromatic heterocycles. The van der Waals surface area contributed by atoms with Crippen molar-refractivity contribution in [1.29, 1.82) is 0 Å². The molecule has 4 aliphatic rings. The minimum Gasteiger partial charge on any atom is -0.480 e. The number of Topliss-reactive ketones (excluding diaryl/α,β-unsaturated/α-hetero) is 1. The molecule has 4 nitrogen and oxygen atoms in total. The molecule has 1 aromatic carbocycles. The van der Waals surface area contributed by atoms with E-state index in [4.69, 9.17) is 4.74 Å². The summed E-state index contributed by atoms with van der Waals surface area (Å²) in [6.45, 7) is 5.54. The molecule has 4 aliphatic carbocycles. The lowest BCUT2D eigenvalue weighted by Gasteiger charge is -2.59. The maximum Gasteiger partial charge on any atom is 0.191 e. The Kier molecular flexibility index (Phi) is 5.74. The predicted molar refractivity (Wildman–Crippen MR) is 123 cm³/mol. The van der Waals surface area contributed by atoms with Crippen LogP contribution in [0.15, 0.2) is 23.8 Å². The van der Waals surface area contributed by atoms with E-state index in [0.29, 0.717) is 36.7 Å². The van der Waals surface area contributed by atoms with Gasteiger partial charge in [-0.3, -0.25) is 9.59 Å². The van der Waals surface area contributed by atoms with E-state index in [1.807, 2.05) is 6.08 Å². The molecule has 0 heterocycles. The van der Waals surface area contributed by atoms with Crippen molar-refractivity contribution in [3.05, 3.63) is 41.0 Å². The van der Waals surface area contributed by atoms with Crippen molar-refractivity contribution in [2.24, 2.45) is 34.5 Å². The second kappa shape index (κ2) is 8.25. The molecule has 3 fully saturated rings. The Morgan fingerprint density at radius 2 is 1.85 bits per heavy atom. The van der Waals surface area contributed by atoms with Crippen LogP contribution in [0.2, 0.25) is 0 Å². The van der Waals surface area contributed by atoms with Crippen LogP contribution < -0.4 is 4.74 Å². The predicted octanol–water partition coefficient (Wildman–Crippen LogP) is 5.34. The van der Waals surface area contributed by atoms with Crippen LogP contribution in [0.3, 0.4) is 0 Å². The summed E-state index contributed by atoms with van der Waals surface area (Å²) in [5.74, 6) is -1.68. The number of fused-ring (bicyclic) bond motifs is 5. The van der Waals surface area contributed by atoms with Crippen LogP contribution in [0.1, 0.15) is 64.4 Å². The van der Waals surface area contributed by atoms with Crippen LogP contribution in [0.25, 0.3) is 0 Å². The van der Waals surface area contributed by atoms with Gasteiger partial charge in [0.25, 0.3) is 0 Å². The Labute approximate surface area is 199 Å². The molecule has 6 heteroatoms. The molecule has 0 spiro atoms. The molecule has 7 unspecified atom stereocenters. The molecule has 0 saturated heterocycles. The van der Waals surface area contributed by atoms with Gasteiger partial charge in [0, 0.05) is 12.3 Å². The molecule has 0 amide bonds. The zero-order valence-electron chi connectivity index (χ0n) is 20.2. The number of aryl methyl sites for hydroxylation is 1. The Morgan fingerprint density at radius 3 is 2.56 bits per heavy atom. The molecule has 0 bridgehead atoms. The Balaban J connectivity index is 1.35. The van der Waals surface area contributed by atoms with Gasteiger partial charge in [0.2, 0.25) is 0 Å². The van der Waals surface area contributed by atoms with Gasteiger partial charge < -0.3 is 9.84 Å². The first-order valence-electron chi connectivity index (χ1n) is 12.6. The number of ether oxygens (including phenoxy) is 1. The lowest BCUT2D eigenvalue weighted by Crippen LogP contribution is -2.57. The average Bonchev–Trinajstić information content (AvgIpc) is 3.09. The maximum absolute atomic E-state index is 14.2. The lowest BCUT2D eigenvalue weighted by molar-refractivity contribution is -0.146. The van der Waals surface area contributed by atoms with Crippen LogP contribution >= 0.6 is 0 Å². The minimum atomic E-state index is -0.804. The van der Waals surface area contributed by atoms with Gasteiger partial charge in [-0.05, 0) is 97.8 Å². The van der Waals surface area contributed by atoms with Gasteiger partial charge in [-0.25, -0.2) is 8.78 Å². The van der Waals surface area contributed by atoms with Crippen molar-refractivity contribution in [1.82, 2.24) is 0 Å². The summed E-state index contributed by atoms with van der Waals surface area (Å²) in [4.78, 5) is 25.3. The van der Waals surface area contributed by atoms with Crippen molar-refractivity contribution in [3.63, 3.8) is 0 Å². The molecule has 3 saturated carbocycles. The third-order valence-electron chi connectivity index (χ3n) is 9.78. The minimum absolute atomic E-state index is 0.0968. The van der Waals surface area contributed by atoms with Crippen molar-refractivity contribution in [2.45, 2.75) is 71.8 Å². The molecule has 0 radical (unpaired) electrons. The highest BCUT2D eigenvalue weighted by molar-refractivity contribution is 5.91. The number of hydrogen-bond acceptors (Lipinski definition) is 4. The molecular formula is C28H34F2O4. The second-order valence-electron chi connectivity index (χ2n) is 11.6. The topological polar surface area (TPSA) is 63.6 Å². The van der Waals surface area contributed by atoms with Gasteiger partial charge in [-0.1, -0.05) is 19.4 Å². The standard InChI is InChI=1S/C28H34F2O4/c1-15-10-21(29)26(22(30)11-15)34-14-24(33)20-7-6-19-18-5-4-16-12-17(31)8-9-27(16,2)25(18)23(32)13-28(19,20)3/h10-12,18-20,23,25,32H,4-9,13-14H2,1-3H3. The SMILES string of the molecule is Cc1cc(F)c(OCC(=O)C2CCC3C4CCC5=CC(=O)CCC5(C)C4C(O)CC23C)c(F)c1. The summed E-state index contributed by atoms with van der Waals surface area (Å²) in [6, 6.07) is 2.39. The summed E-state index contributed by atoms with van der Waals surface area (Å²) in [5, 5.41) is 11.4. The Bertz CT molecular complexity index is 1040. The fourth-order valence-electron chi connectivity index (χ4n) is 8.28. The highest BCUT2D eigenvalue weighted by Gasteiger charge is 2.62. The molecule has 34 heavy (non-hydrogen) atoms. The highest BCUT2D eigenvalue weighted by atomic mass is 19.1. The van der Waals surface area contributed by atoms with Gasteiger partial charge in [0.05, 0.1) is 6.10 Å². The number of benzene rings is 1. The summed E-state index contributed by atoms with van der Waals surface area (Å²) < 4.78 is 33.7. The normalized spacial score (nSPS) is 39.1. The monoisotopic (exact) mass is 472 g/mol. The zero-order valence-corrected chi connectivity index (χ0v) is 20.2. The molecular weight excluding hydrogens is 438 g/mol. The van der Waals surface area contributed by atoms with E-state index in [9.17, 15) is 23.5 Å². The van der Waals surface area contributed by atoms with Crippen LogP contribution in [0, 0.1) is 53.1 Å². The summed E-state index contributed by atoms with van der Waals surface area (Å²) in [6.07, 6.45) is 6.52. The fraction of sp³-hybridized carbons (Fsp3) is 0.643. The number of allylic oxidation sites excluding steroid dienone is 1. The lowest BCUT2D eigenvalue weighted by atomic mass is 9.46. The number of aliphatic hydroxyl groups excluding tert-OH is 1. The first kappa shape index (κ1) is 23.7. The zero-order chi connectivity index (χ0) is 24.4. The van der Waals surface area contributed by atoms with E-state index < -0.39 is 23.5 Å². The van der Waals surface area contributed by atoms with Gasteiger partial charge in [0.15, 0.2) is 29.0 Å². The van der Waals surface area contributed by atoms with Crippen LogP contribution in [0.4, 0.5) is 8.78 Å². The molecule has 1 N–H and O–H groups in total. The molecule has 1 aromatic rings. The molecule has 5 rings (SSSR count). The van der Waals surface area contributed by atoms with Gasteiger partial charge in [-0.2, -0.15) is 0 Å². The number of carbonyl (C=O) groups excluding carboxylic acids is 2. The van der Waals surface area contributed by atoms with Gasteiger partial charge in [0.1, 0.15) is 6.61 Å². The number of rotatable bonds is 4. The number of halogens is 2. The van der Waals surface area contributed by atoms with Crippen LogP contribution in [-0.2, 0) is 9.59 Å². The van der Waals surface area contributed by atoms with E-state index in [0.717, 1.165) is 25.7 Å². The van der Waals surface area contributed by atoms with Gasteiger partial charge in [-0.15, -0.1) is 0 Å². The van der Waals surface area contributed by atoms with Crippen LogP contribution in [-0.4, -0.2) is 29.4 Å². The smallest absolute Gasteiger partial charge is 0.191 e. The van der Waals surface area contributed by atoms with Crippen LogP contribution in [0.5, 0.6) is 5.75 Å². The first-order chi connectivity index (χ1) is 16.0. The number of aliphatic hydroxyl groups is 1. The number of hydrogen-bond donors (Lipinski definition) is 1. The highest BCUT2D eigenvalue weighted by Crippen LogP contribution is 2.66. The average molecular weight is 473 g/mol. The summed E-state index contributed by atoms with van der Waals surface area (Å²) in [5.41, 5.74) is 1.11. The quantitative estimate of drug-likeness (QED) is 0.643. The number of carbonyl (C=O) groups is 2. The Hall–Kier alpha value is -2.08. The largest absolute Gasteiger partial charge is 0.480 e. The molecule has 0 aliphatic heterocycles. The Morgan fingerprint density at radius 1 is 1.15 bits per heavy atom. The summed E-state index contributed by atoms with van der Waals surface area (Å²) >= 11 is 0. The van der Waals surface area contributed by atoms with E-state index in [-0.39, 0.29) is 40.8 Å². The third-order valence-corrected chi connectivity index (χ3v) is 9.78. The fourth-order valence-corrected chi connectivity index (χ4v) is 8.28. The molecule has 7 atom stereocenters. The van der Waals surface area contributed by atoms with E-state index in [1.54, 1.807) is 6.92 Å². The van der Waals surface area contributed by atoms with E-state index >= 15 is 0 Å². The van der Waals surface area contributed by atoms with Crippen molar-refractivity contribution in [2.75, 3.05) is 6.61 Å². The van der Waals surface area contributed by atoms with Crippen molar-refractivity contribution in [3.8, 4) is 5.75 Å². The second-order valence-corrected chi connectivity index (χ2v) is 11.6. The van der Waals surface area contributed by atoms with E-state index in [2.05, 4.69) is 13.8 Å². The molecule has 184 valence electrons. The summed E-state index contributed by atoms with van der Waals surface area (Å²) in [7, 11) is 0. The van der Waals surface area contributed by atoms with Crippen molar-refractivity contribution >= 4 is 11.6 Å². The van der Waals surface area contributed by atoms with E-state index in [1.165, 1.54) is 17.7 Å². The first-order valence-corrected chi connectivity index (χ1v) is 12.6.